The number of rotatable bonds is 30. The molecule has 0 saturated heterocycles. The third-order valence-electron chi connectivity index (χ3n) is 8.96. The topological polar surface area (TPSA) is 108 Å². The molecule has 0 aliphatic rings. The summed E-state index contributed by atoms with van der Waals surface area (Å²) in [5.41, 5.74) is 0. The van der Waals surface area contributed by atoms with Crippen molar-refractivity contribution in [1.82, 2.24) is 0 Å². The number of halogens is 39. The minimum absolute atomic E-state index is 0.0166. The highest BCUT2D eigenvalue weighted by atomic mass is 35.9. The average molecular weight is 1530 g/mol. The minimum atomic E-state index is -7.22. The van der Waals surface area contributed by atoms with Gasteiger partial charge in [0.1, 0.15) is 45.1 Å². The molecule has 524 valence electrons. The van der Waals surface area contributed by atoms with Gasteiger partial charge in [-0.2, -0.15) is 114 Å². The van der Waals surface area contributed by atoms with Crippen molar-refractivity contribution in [2.24, 2.45) is 23.3 Å². The SMILES string of the molecule is CN=P(C)(Cl)Cl.CN=P(Cl)(N=P(C)(C)OCC(F)(F)C(F)(F)C(F)(F)C(F)F)OC/C(F)=C(F)\C(F)=C/F.CN=P(N=P(C)(C)OCC(F)(F)C(F)(F)C(F)(F)C(F)F)(OCC(F)(F)C(F)(F)C(F)(F)C(F)F)OCC(F)(F)C(F)(F)C(F)(F)C(F)F. The number of hydrogen-bond acceptors (Lipinski definition) is 8. The van der Waals surface area contributed by atoms with Crippen LogP contribution in [0.1, 0.15) is 0 Å². The van der Waals surface area contributed by atoms with Crippen molar-refractivity contribution in [2.75, 3.05) is 87.5 Å². The smallest absolute Gasteiger partial charge is 0.338 e. The maximum absolute atomic E-state index is 14.1. The normalized spacial score (nSPS) is 16.1. The quantitative estimate of drug-likeness (QED) is 0.0404. The van der Waals surface area contributed by atoms with Gasteiger partial charge in [0.2, 0.25) is 0 Å². The summed E-state index contributed by atoms with van der Waals surface area (Å²) >= 11 is 16.6. The zero-order valence-corrected chi connectivity index (χ0v) is 49.9. The van der Waals surface area contributed by atoms with E-state index in [1.54, 1.807) is 13.7 Å². The maximum atomic E-state index is 14.1. The Hall–Kier alpha value is -1.22. The standard InChI is InChI=1S/C18H18F24N2O3P2.C13H15ClF12N2O2P2.C2H6Cl2NP/c1-43-49(46-5-11(27,28)17(39,40)14(33,34)8(21)22,47-6-12(29,30)18(41,42)15(35,36)9(23)24)44-48(2,3)45-4-10(25,26)16(37,38)13(31,32)7(19)20;1-27-32(14,29-5-8(17)9(18)7(16)4-15)28-31(2,3)30-6-11(21,22)13(25,26)12(23,24)10(19)20;1-5-6(2,3)4/h7-9H,4-6H2,1-3H3;4,10H,5-6H2,1-3H3;1-2H3/b;7-4+,9-8-;. The molecule has 0 spiro atoms. The second kappa shape index (κ2) is 31.3. The Morgan fingerprint density at radius 1 is 0.402 bits per heavy atom. The summed E-state index contributed by atoms with van der Waals surface area (Å²) in [6.07, 6.45) is -22.7. The van der Waals surface area contributed by atoms with Crippen molar-refractivity contribution >= 4 is 68.5 Å². The molecule has 0 bridgehead atoms. The van der Waals surface area contributed by atoms with Gasteiger partial charge >= 0.3 is 104 Å². The van der Waals surface area contributed by atoms with Gasteiger partial charge in [-0.1, -0.05) is 22.5 Å². The van der Waals surface area contributed by atoms with Crippen LogP contribution in [0, 0.1) is 0 Å². The molecule has 0 radical (unpaired) electrons. The zero-order valence-electron chi connectivity index (χ0n) is 43.2. The van der Waals surface area contributed by atoms with E-state index in [4.69, 9.17) is 33.7 Å². The van der Waals surface area contributed by atoms with Gasteiger partial charge < -0.3 is 22.6 Å². The second-order valence-electron chi connectivity index (χ2n) is 16.4. The molecule has 54 heteroatoms. The monoisotopic (exact) mass is 1530 g/mol. The summed E-state index contributed by atoms with van der Waals surface area (Å²) in [6, 6.07) is 0. The van der Waals surface area contributed by atoms with Gasteiger partial charge in [-0.15, -0.1) is 0 Å². The summed E-state index contributed by atoms with van der Waals surface area (Å²) in [4.78, 5) is 0. The van der Waals surface area contributed by atoms with E-state index in [2.05, 4.69) is 45.9 Å². The fourth-order valence-corrected chi connectivity index (χ4v) is 13.9. The first-order chi connectivity index (χ1) is 38.0. The van der Waals surface area contributed by atoms with Crippen molar-refractivity contribution in [3.05, 3.63) is 23.8 Å². The molecule has 0 heterocycles. The number of nitrogens with zero attached hydrogens (tertiary/aromatic N) is 5. The largest absolute Gasteiger partial charge is 0.380 e. The van der Waals surface area contributed by atoms with Crippen molar-refractivity contribution in [2.45, 2.75) is 96.8 Å². The summed E-state index contributed by atoms with van der Waals surface area (Å²) in [5, 5.41) is 0. The average Bonchev–Trinajstić information content (AvgIpc) is 3.43. The Balaban J connectivity index is -0.00000159. The lowest BCUT2D eigenvalue weighted by Gasteiger charge is -2.35. The third kappa shape index (κ3) is 22.8. The Kier molecular flexibility index (Phi) is 32.4. The lowest BCUT2D eigenvalue weighted by atomic mass is 10.1. The van der Waals surface area contributed by atoms with Gasteiger partial charge in [-0.25, -0.2) is 62.2 Å². The van der Waals surface area contributed by atoms with E-state index in [1.165, 1.54) is 0 Å². The summed E-state index contributed by atoms with van der Waals surface area (Å²) < 4.78 is 510. The molecular formula is C33H39Cl3F36N5O5P5. The summed E-state index contributed by atoms with van der Waals surface area (Å²) in [6.45, 7) is -14.7. The molecule has 1 atom stereocenters. The molecule has 0 aliphatic carbocycles. The van der Waals surface area contributed by atoms with Gasteiger partial charge in [0.15, 0.2) is 17.5 Å². The highest BCUT2D eigenvalue weighted by molar-refractivity contribution is 8.09. The van der Waals surface area contributed by atoms with Gasteiger partial charge in [0.25, 0.3) is 6.78 Å². The van der Waals surface area contributed by atoms with E-state index in [1.807, 2.05) is 0 Å². The number of allylic oxidation sites excluding steroid dienone is 2. The molecule has 0 N–H and O–H groups in total. The minimum Gasteiger partial charge on any atom is -0.338 e. The van der Waals surface area contributed by atoms with E-state index < -0.39 is 188 Å². The molecular weight excluding hydrogens is 1490 g/mol. The first-order valence-corrected chi connectivity index (χ1v) is 33.8. The van der Waals surface area contributed by atoms with Crippen LogP contribution in [0.4, 0.5) is 158 Å². The Labute approximate surface area is 479 Å². The third-order valence-corrected chi connectivity index (χ3v) is 21.1. The van der Waals surface area contributed by atoms with Crippen molar-refractivity contribution < 1.29 is 181 Å². The second-order valence-corrected chi connectivity index (χ2v) is 34.8. The van der Waals surface area contributed by atoms with Crippen LogP contribution in [-0.4, -0.2) is 184 Å². The van der Waals surface area contributed by atoms with Crippen LogP contribution in [0.3, 0.4) is 0 Å². The van der Waals surface area contributed by atoms with Crippen LogP contribution < -0.4 is 0 Å². The summed E-state index contributed by atoms with van der Waals surface area (Å²) in [7, 11) is -12.5. The van der Waals surface area contributed by atoms with Crippen LogP contribution in [0.15, 0.2) is 47.1 Å². The van der Waals surface area contributed by atoms with Crippen LogP contribution in [-0.2, 0) is 22.6 Å². The van der Waals surface area contributed by atoms with Gasteiger partial charge in [-0.3, -0.25) is 4.74 Å². The molecule has 0 aliphatic heterocycles. The highest BCUT2D eigenvalue weighted by Gasteiger charge is 2.79. The fraction of sp³-hybridized carbons (Fsp3) is 0.879. The van der Waals surface area contributed by atoms with E-state index in [-0.39, 0.29) is 20.4 Å². The molecule has 0 aromatic carbocycles. The van der Waals surface area contributed by atoms with Crippen LogP contribution in [0.25, 0.3) is 0 Å². The van der Waals surface area contributed by atoms with E-state index in [0.717, 1.165) is 20.4 Å². The predicted molar refractivity (Wildman–Crippen MR) is 244 cm³/mol. The van der Waals surface area contributed by atoms with Crippen LogP contribution in [0.2, 0.25) is 0 Å². The molecule has 0 amide bonds. The Bertz CT molecular complexity index is 2550. The fourth-order valence-electron chi connectivity index (χ4n) is 4.03. The predicted octanol–water partition coefficient (Wildman–Crippen LogP) is 21.6. The molecule has 0 aromatic heterocycles. The lowest BCUT2D eigenvalue weighted by molar-refractivity contribution is -0.344. The Morgan fingerprint density at radius 3 is 0.851 bits per heavy atom. The highest BCUT2D eigenvalue weighted by Crippen LogP contribution is 2.68. The molecule has 0 rings (SSSR count). The molecule has 0 aromatic rings. The number of hydrogen-bond donors (Lipinski definition) is 0. The van der Waals surface area contributed by atoms with Crippen LogP contribution in [0.5, 0.6) is 0 Å². The van der Waals surface area contributed by atoms with Crippen LogP contribution >= 0.6 is 68.5 Å². The lowest BCUT2D eigenvalue weighted by Crippen LogP contribution is -2.59. The maximum Gasteiger partial charge on any atom is 0.380 e. The molecule has 87 heavy (non-hydrogen) atoms. The molecule has 0 fully saturated rings. The summed E-state index contributed by atoms with van der Waals surface area (Å²) in [5.74, 6) is -89.1. The number of alkyl halides is 32. The Morgan fingerprint density at radius 2 is 0.644 bits per heavy atom. The van der Waals surface area contributed by atoms with E-state index in [0.29, 0.717) is 0 Å². The van der Waals surface area contributed by atoms with Crippen molar-refractivity contribution in [3.8, 4) is 0 Å². The zero-order chi connectivity index (χ0) is 70.9. The van der Waals surface area contributed by atoms with E-state index >= 15 is 0 Å². The molecule has 1 unspecified atom stereocenters. The molecule has 0 saturated carbocycles. The molecule has 10 nitrogen and oxygen atoms in total. The van der Waals surface area contributed by atoms with Crippen molar-refractivity contribution in [3.63, 3.8) is 0 Å². The first kappa shape index (κ1) is 90.0. The van der Waals surface area contributed by atoms with Gasteiger partial charge in [-0.05, 0) is 44.6 Å². The van der Waals surface area contributed by atoms with Crippen molar-refractivity contribution in [1.29, 1.82) is 0 Å². The van der Waals surface area contributed by atoms with E-state index in [9.17, 15) is 158 Å². The first-order valence-electron chi connectivity index (χ1n) is 20.6. The van der Waals surface area contributed by atoms with Gasteiger partial charge in [0.05, 0.1) is 14.6 Å². The van der Waals surface area contributed by atoms with Gasteiger partial charge in [0, 0.05) is 21.1 Å².